The second-order valence-electron chi connectivity index (χ2n) is 11.4. The topological polar surface area (TPSA) is 96.8 Å². The van der Waals surface area contributed by atoms with Gasteiger partial charge < -0.3 is 24.4 Å². The number of likely N-dealkylation sites (tertiary alicyclic amines) is 1. The van der Waals surface area contributed by atoms with Gasteiger partial charge in [0.15, 0.2) is 0 Å². The number of benzene rings is 1. The van der Waals surface area contributed by atoms with Crippen LogP contribution in [0.4, 0.5) is 0 Å². The lowest BCUT2D eigenvalue weighted by Gasteiger charge is -2.30. The van der Waals surface area contributed by atoms with E-state index in [9.17, 15) is 14.4 Å². The molecule has 216 valence electrons. The minimum atomic E-state index is -0.235. The van der Waals surface area contributed by atoms with Crippen LogP contribution < -0.4 is 10.1 Å². The van der Waals surface area contributed by atoms with E-state index in [4.69, 9.17) is 4.74 Å². The minimum absolute atomic E-state index is 0.0209. The number of rotatable bonds is 5. The van der Waals surface area contributed by atoms with Crippen molar-refractivity contribution in [1.82, 2.24) is 24.7 Å². The van der Waals surface area contributed by atoms with E-state index in [1.807, 2.05) is 33.9 Å². The number of fused-ring (bicyclic) bond motifs is 4. The number of aryl methyl sites for hydroxylation is 2. The monoisotopic (exact) mass is 549 g/mol. The van der Waals surface area contributed by atoms with E-state index in [0.717, 1.165) is 62.1 Å². The summed E-state index contributed by atoms with van der Waals surface area (Å²) < 4.78 is 8.10. The van der Waals surface area contributed by atoms with Crippen molar-refractivity contribution in [2.45, 2.75) is 83.2 Å². The molecule has 1 saturated carbocycles. The van der Waals surface area contributed by atoms with Crippen molar-refractivity contribution in [3.8, 4) is 5.75 Å². The highest BCUT2D eigenvalue weighted by Crippen LogP contribution is 2.31. The van der Waals surface area contributed by atoms with Crippen LogP contribution in [0.3, 0.4) is 0 Å². The number of ether oxygens (including phenoxy) is 1. The van der Waals surface area contributed by atoms with E-state index in [-0.39, 0.29) is 42.1 Å². The molecule has 1 aromatic carbocycles. The predicted molar refractivity (Wildman–Crippen MR) is 152 cm³/mol. The number of aromatic nitrogens is 2. The van der Waals surface area contributed by atoms with E-state index in [0.29, 0.717) is 39.2 Å². The number of imidazole rings is 1. The summed E-state index contributed by atoms with van der Waals surface area (Å²) in [5, 5.41) is 3.22. The Bertz CT molecular complexity index is 1170. The zero-order valence-electron chi connectivity index (χ0n) is 23.7. The van der Waals surface area contributed by atoms with Crippen molar-refractivity contribution in [3.63, 3.8) is 0 Å². The summed E-state index contributed by atoms with van der Waals surface area (Å²) in [6.45, 7) is 4.80. The van der Waals surface area contributed by atoms with Gasteiger partial charge in [-0.3, -0.25) is 14.4 Å². The molecule has 0 unspecified atom stereocenters. The zero-order valence-corrected chi connectivity index (χ0v) is 23.7. The lowest BCUT2D eigenvalue weighted by atomic mass is 9.88. The summed E-state index contributed by atoms with van der Waals surface area (Å²) in [5.74, 6) is 1.76. The van der Waals surface area contributed by atoms with Crippen LogP contribution in [0.1, 0.15) is 75.6 Å². The van der Waals surface area contributed by atoms with Crippen molar-refractivity contribution in [1.29, 1.82) is 0 Å². The van der Waals surface area contributed by atoms with E-state index >= 15 is 0 Å². The Morgan fingerprint density at radius 1 is 1.07 bits per heavy atom. The van der Waals surface area contributed by atoms with Crippen LogP contribution >= 0.6 is 0 Å². The standard InChI is InChI=1S/C31H43N5O4/c1-2-28-32-14-17-34(28)16-13-30(38)36-20-26-24-11-8-12-25(19-24)40-18-7-6-15-35(22-29(37)33-27(26)21-36)31(39)23-9-4-3-5-10-23/h8,11-12,14,17,19,23,26-27H,2-7,9-10,13,15-16,18,20-22H2,1H3,(H,33,37)/t26-,27+/m1/s1. The summed E-state index contributed by atoms with van der Waals surface area (Å²) in [6.07, 6.45) is 11.7. The van der Waals surface area contributed by atoms with Crippen molar-refractivity contribution in [3.05, 3.63) is 48.0 Å². The van der Waals surface area contributed by atoms with Crippen molar-refractivity contribution < 1.29 is 19.1 Å². The van der Waals surface area contributed by atoms with Gasteiger partial charge in [-0.25, -0.2) is 4.98 Å². The van der Waals surface area contributed by atoms with E-state index in [1.54, 1.807) is 11.1 Å². The molecule has 2 bridgehead atoms. The third-order valence-corrected chi connectivity index (χ3v) is 8.68. The maximum atomic E-state index is 13.4. The Morgan fingerprint density at radius 3 is 2.75 bits per heavy atom. The van der Waals surface area contributed by atoms with Gasteiger partial charge in [0.2, 0.25) is 17.7 Å². The predicted octanol–water partition coefficient (Wildman–Crippen LogP) is 3.53. The largest absolute Gasteiger partial charge is 0.494 e. The van der Waals surface area contributed by atoms with Crippen LogP contribution in [0.2, 0.25) is 0 Å². The molecule has 2 aliphatic heterocycles. The molecule has 9 nitrogen and oxygen atoms in total. The molecule has 1 N–H and O–H groups in total. The molecule has 2 aromatic rings. The SMILES string of the molecule is CCc1nccn1CCC(=O)N1C[C@@H]2NC(=O)CN(C(=O)C3CCCCC3)CCCCOc3cccc(c3)[C@H]2C1. The number of carbonyl (C=O) groups excluding carboxylic acids is 3. The minimum Gasteiger partial charge on any atom is -0.494 e. The lowest BCUT2D eigenvalue weighted by Crippen LogP contribution is -2.48. The van der Waals surface area contributed by atoms with Gasteiger partial charge in [0.05, 0.1) is 19.2 Å². The zero-order chi connectivity index (χ0) is 27.9. The van der Waals surface area contributed by atoms with Crippen molar-refractivity contribution in [2.24, 2.45) is 5.92 Å². The molecule has 3 amide bonds. The van der Waals surface area contributed by atoms with Crippen LogP contribution in [0.25, 0.3) is 0 Å². The molecule has 2 atom stereocenters. The average Bonchev–Trinajstić information content (AvgIpc) is 3.62. The fourth-order valence-corrected chi connectivity index (χ4v) is 6.45. The Hall–Kier alpha value is -3.36. The first-order valence-corrected chi connectivity index (χ1v) is 15.1. The molecule has 1 aliphatic carbocycles. The Kier molecular flexibility index (Phi) is 9.39. The number of hydrogen-bond acceptors (Lipinski definition) is 5. The normalized spacial score (nSPS) is 22.7. The van der Waals surface area contributed by atoms with E-state index in [1.165, 1.54) is 6.42 Å². The lowest BCUT2D eigenvalue weighted by molar-refractivity contribution is -0.140. The van der Waals surface area contributed by atoms with Crippen LogP contribution in [-0.2, 0) is 27.3 Å². The molecule has 5 rings (SSSR count). The fourth-order valence-electron chi connectivity index (χ4n) is 6.45. The van der Waals surface area contributed by atoms with Gasteiger partial charge in [0.1, 0.15) is 11.6 Å². The maximum absolute atomic E-state index is 13.4. The van der Waals surface area contributed by atoms with Gasteiger partial charge in [-0.2, -0.15) is 0 Å². The Morgan fingerprint density at radius 2 is 1.93 bits per heavy atom. The maximum Gasteiger partial charge on any atom is 0.239 e. The number of amides is 3. The molecule has 3 aliphatic rings. The number of hydrogen-bond donors (Lipinski definition) is 1. The number of carbonyl (C=O) groups is 3. The third kappa shape index (κ3) is 6.85. The Balaban J connectivity index is 1.31. The summed E-state index contributed by atoms with van der Waals surface area (Å²) in [6, 6.07) is 7.79. The first kappa shape index (κ1) is 28.2. The highest BCUT2D eigenvalue weighted by atomic mass is 16.5. The quantitative estimate of drug-likeness (QED) is 0.616. The molecular weight excluding hydrogens is 506 g/mol. The number of nitrogens with one attached hydrogen (secondary N) is 1. The molecule has 40 heavy (non-hydrogen) atoms. The highest BCUT2D eigenvalue weighted by Gasteiger charge is 2.38. The summed E-state index contributed by atoms with van der Waals surface area (Å²) in [5.41, 5.74) is 1.05. The fraction of sp³-hybridized carbons (Fsp3) is 0.613. The van der Waals surface area contributed by atoms with Gasteiger partial charge in [0, 0.05) is 63.3 Å². The van der Waals surface area contributed by atoms with Gasteiger partial charge in [0.25, 0.3) is 0 Å². The van der Waals surface area contributed by atoms with E-state index in [2.05, 4.69) is 23.3 Å². The van der Waals surface area contributed by atoms with E-state index < -0.39 is 0 Å². The van der Waals surface area contributed by atoms with Crippen LogP contribution in [0.5, 0.6) is 5.75 Å². The first-order chi connectivity index (χ1) is 19.5. The third-order valence-electron chi connectivity index (χ3n) is 8.68. The second kappa shape index (κ2) is 13.3. The Labute approximate surface area is 237 Å². The molecular formula is C31H43N5O4. The smallest absolute Gasteiger partial charge is 0.239 e. The second-order valence-corrected chi connectivity index (χ2v) is 11.4. The summed E-state index contributed by atoms with van der Waals surface area (Å²) in [4.78, 5) is 48.1. The highest BCUT2D eigenvalue weighted by molar-refractivity contribution is 5.86. The molecule has 9 heteroatoms. The van der Waals surface area contributed by atoms with Crippen LogP contribution in [0, 0.1) is 5.92 Å². The van der Waals surface area contributed by atoms with Crippen molar-refractivity contribution in [2.75, 3.05) is 32.8 Å². The molecule has 0 spiro atoms. The van der Waals surface area contributed by atoms with Gasteiger partial charge >= 0.3 is 0 Å². The molecule has 3 heterocycles. The van der Waals surface area contributed by atoms with Gasteiger partial charge in [-0.05, 0) is 43.4 Å². The van der Waals surface area contributed by atoms with Gasteiger partial charge in [-0.15, -0.1) is 0 Å². The van der Waals surface area contributed by atoms with Crippen molar-refractivity contribution >= 4 is 17.7 Å². The summed E-state index contributed by atoms with van der Waals surface area (Å²) >= 11 is 0. The number of nitrogens with zero attached hydrogens (tertiary/aromatic N) is 4. The first-order valence-electron chi connectivity index (χ1n) is 15.1. The van der Waals surface area contributed by atoms with Crippen LogP contribution in [0.15, 0.2) is 36.7 Å². The molecule has 0 radical (unpaired) electrons. The summed E-state index contributed by atoms with van der Waals surface area (Å²) in [7, 11) is 0. The van der Waals surface area contributed by atoms with Gasteiger partial charge in [-0.1, -0.05) is 38.3 Å². The van der Waals surface area contributed by atoms with Crippen LogP contribution in [-0.4, -0.2) is 75.9 Å². The molecule has 1 aromatic heterocycles. The average molecular weight is 550 g/mol. The molecule has 2 fully saturated rings. The molecule has 1 saturated heterocycles.